The summed E-state index contributed by atoms with van der Waals surface area (Å²) in [6, 6.07) is 7.00. The van der Waals surface area contributed by atoms with E-state index in [-0.39, 0.29) is 0 Å². The molecule has 0 aliphatic heterocycles. The highest BCUT2D eigenvalue weighted by atomic mass is 15.2. The van der Waals surface area contributed by atoms with Crippen molar-refractivity contribution in [3.63, 3.8) is 0 Å². The molecule has 2 nitrogen and oxygen atoms in total. The van der Waals surface area contributed by atoms with Crippen molar-refractivity contribution in [3.8, 4) is 0 Å². The van der Waals surface area contributed by atoms with Crippen molar-refractivity contribution in [1.82, 2.24) is 5.43 Å². The van der Waals surface area contributed by atoms with Crippen molar-refractivity contribution >= 4 is 0 Å². The fourth-order valence-electron chi connectivity index (χ4n) is 3.55. The van der Waals surface area contributed by atoms with E-state index in [0.29, 0.717) is 12.0 Å². The second-order valence-corrected chi connectivity index (χ2v) is 6.53. The number of nitrogens with two attached hydrogens (primary N) is 1. The Morgan fingerprint density at radius 2 is 1.89 bits per heavy atom. The van der Waals surface area contributed by atoms with E-state index in [1.165, 1.54) is 36.0 Å². The van der Waals surface area contributed by atoms with Gasteiger partial charge in [0.05, 0.1) is 0 Å². The molecule has 0 heterocycles. The summed E-state index contributed by atoms with van der Waals surface area (Å²) >= 11 is 0. The number of aryl methyl sites for hydroxylation is 2. The number of nitrogens with one attached hydrogen (secondary N) is 1. The average Bonchev–Trinajstić information content (AvgIpc) is 2.37. The van der Waals surface area contributed by atoms with Crippen LogP contribution in [0.5, 0.6) is 0 Å². The molecule has 0 spiro atoms. The van der Waals surface area contributed by atoms with Gasteiger partial charge in [0.1, 0.15) is 0 Å². The van der Waals surface area contributed by atoms with Gasteiger partial charge in [0.2, 0.25) is 0 Å². The summed E-state index contributed by atoms with van der Waals surface area (Å²) < 4.78 is 0. The molecule has 4 atom stereocenters. The molecule has 2 rings (SSSR count). The van der Waals surface area contributed by atoms with Crippen LogP contribution in [0.4, 0.5) is 0 Å². The topological polar surface area (TPSA) is 38.0 Å². The van der Waals surface area contributed by atoms with Gasteiger partial charge in [-0.1, -0.05) is 44.0 Å². The third kappa shape index (κ3) is 3.18. The van der Waals surface area contributed by atoms with Crippen LogP contribution in [0.3, 0.4) is 0 Å². The Hall–Kier alpha value is -0.860. The quantitative estimate of drug-likeness (QED) is 0.639. The first-order valence-electron chi connectivity index (χ1n) is 7.56. The number of hydrazine groups is 1. The molecule has 1 aromatic rings. The lowest BCUT2D eigenvalue weighted by molar-refractivity contribution is 0.171. The summed E-state index contributed by atoms with van der Waals surface area (Å²) in [5.74, 6) is 8.20. The van der Waals surface area contributed by atoms with Crippen molar-refractivity contribution in [2.24, 2.45) is 23.6 Å². The van der Waals surface area contributed by atoms with Gasteiger partial charge in [0, 0.05) is 6.04 Å². The van der Waals surface area contributed by atoms with Crippen molar-refractivity contribution in [3.05, 3.63) is 34.9 Å². The second-order valence-electron chi connectivity index (χ2n) is 6.53. The summed E-state index contributed by atoms with van der Waals surface area (Å²) in [5, 5.41) is 0. The van der Waals surface area contributed by atoms with Gasteiger partial charge in [-0.3, -0.25) is 11.3 Å². The van der Waals surface area contributed by atoms with E-state index in [1.807, 2.05) is 0 Å². The smallest absolute Gasteiger partial charge is 0.0490 e. The maximum Gasteiger partial charge on any atom is 0.0490 e. The average molecular weight is 260 g/mol. The van der Waals surface area contributed by atoms with Crippen LogP contribution in [0.1, 0.15) is 55.8 Å². The molecule has 1 aromatic carbocycles. The molecule has 0 aromatic heterocycles. The van der Waals surface area contributed by atoms with Gasteiger partial charge in [-0.2, -0.15) is 0 Å². The lowest BCUT2D eigenvalue weighted by Gasteiger charge is -2.37. The third-order valence-electron chi connectivity index (χ3n) is 5.05. The van der Waals surface area contributed by atoms with E-state index in [2.05, 4.69) is 51.3 Å². The molecular formula is C17H28N2. The molecule has 0 amide bonds. The molecular weight excluding hydrogens is 232 g/mol. The fraction of sp³-hybridized carbons (Fsp3) is 0.647. The van der Waals surface area contributed by atoms with Crippen LogP contribution < -0.4 is 11.3 Å². The van der Waals surface area contributed by atoms with Crippen LogP contribution in [0.25, 0.3) is 0 Å². The molecule has 0 radical (unpaired) electrons. The number of hydrogen-bond donors (Lipinski definition) is 2. The van der Waals surface area contributed by atoms with Gasteiger partial charge in [0.25, 0.3) is 0 Å². The first-order valence-corrected chi connectivity index (χ1v) is 7.56. The zero-order chi connectivity index (χ0) is 14.0. The van der Waals surface area contributed by atoms with E-state index < -0.39 is 0 Å². The molecule has 106 valence electrons. The second kappa shape index (κ2) is 6.06. The van der Waals surface area contributed by atoms with E-state index >= 15 is 0 Å². The molecule has 1 aliphatic rings. The maximum absolute atomic E-state index is 5.87. The number of benzene rings is 1. The Morgan fingerprint density at radius 3 is 2.47 bits per heavy atom. The van der Waals surface area contributed by atoms with Crippen molar-refractivity contribution in [2.75, 3.05) is 0 Å². The standard InChI is InChI=1S/C17H28N2/c1-11-5-8-16(14(4)9-11)17(19-18)15-7-6-12(2)13(3)10-15/h5,8-9,12-13,15,17,19H,6-7,10,18H2,1-4H3. The molecule has 3 N–H and O–H groups in total. The zero-order valence-electron chi connectivity index (χ0n) is 12.7. The Kier molecular flexibility index (Phi) is 4.64. The SMILES string of the molecule is Cc1ccc(C(NN)C2CCC(C)C(C)C2)c(C)c1. The number of hydrogen-bond acceptors (Lipinski definition) is 2. The molecule has 1 fully saturated rings. The lowest BCUT2D eigenvalue weighted by atomic mass is 9.71. The van der Waals surface area contributed by atoms with Gasteiger partial charge in [-0.15, -0.1) is 0 Å². The summed E-state index contributed by atoms with van der Waals surface area (Å²) in [6.07, 6.45) is 3.89. The molecule has 0 saturated heterocycles. The van der Waals surface area contributed by atoms with Crippen LogP contribution in [0.15, 0.2) is 18.2 Å². The van der Waals surface area contributed by atoms with Gasteiger partial charge >= 0.3 is 0 Å². The molecule has 4 unspecified atom stereocenters. The minimum absolute atomic E-state index is 0.301. The van der Waals surface area contributed by atoms with Crippen LogP contribution >= 0.6 is 0 Å². The highest BCUT2D eigenvalue weighted by Crippen LogP contribution is 2.40. The zero-order valence-corrected chi connectivity index (χ0v) is 12.7. The Labute approximate surface area is 117 Å². The van der Waals surface area contributed by atoms with Gasteiger partial charge in [-0.25, -0.2) is 0 Å². The highest BCUT2D eigenvalue weighted by Gasteiger charge is 2.31. The lowest BCUT2D eigenvalue weighted by Crippen LogP contribution is -2.37. The van der Waals surface area contributed by atoms with E-state index in [9.17, 15) is 0 Å². The Morgan fingerprint density at radius 1 is 1.16 bits per heavy atom. The Balaban J connectivity index is 2.20. The summed E-state index contributed by atoms with van der Waals surface area (Å²) in [6.45, 7) is 9.10. The monoisotopic (exact) mass is 260 g/mol. The van der Waals surface area contributed by atoms with E-state index in [0.717, 1.165) is 11.8 Å². The Bertz CT molecular complexity index is 427. The minimum atomic E-state index is 0.301. The first-order chi connectivity index (χ1) is 9.02. The highest BCUT2D eigenvalue weighted by molar-refractivity contribution is 5.33. The van der Waals surface area contributed by atoms with Crippen molar-refractivity contribution in [1.29, 1.82) is 0 Å². The maximum atomic E-state index is 5.87. The van der Waals surface area contributed by atoms with Gasteiger partial charge in [0.15, 0.2) is 0 Å². The minimum Gasteiger partial charge on any atom is -0.271 e. The normalized spacial score (nSPS) is 29.2. The predicted molar refractivity (Wildman–Crippen MR) is 81.6 cm³/mol. The first kappa shape index (κ1) is 14.5. The summed E-state index contributed by atoms with van der Waals surface area (Å²) in [4.78, 5) is 0. The van der Waals surface area contributed by atoms with Crippen LogP contribution in [-0.4, -0.2) is 0 Å². The molecule has 2 heteroatoms. The van der Waals surface area contributed by atoms with Gasteiger partial charge < -0.3 is 0 Å². The van der Waals surface area contributed by atoms with Crippen molar-refractivity contribution < 1.29 is 0 Å². The van der Waals surface area contributed by atoms with E-state index in [4.69, 9.17) is 5.84 Å². The van der Waals surface area contributed by atoms with Crippen molar-refractivity contribution in [2.45, 2.75) is 53.0 Å². The molecule has 1 aliphatic carbocycles. The number of rotatable bonds is 3. The molecule has 0 bridgehead atoms. The van der Waals surface area contributed by atoms with Crippen LogP contribution in [0.2, 0.25) is 0 Å². The largest absolute Gasteiger partial charge is 0.271 e. The predicted octanol–water partition coefficient (Wildman–Crippen LogP) is 3.88. The summed E-state index contributed by atoms with van der Waals surface area (Å²) in [5.41, 5.74) is 7.14. The molecule has 1 saturated carbocycles. The van der Waals surface area contributed by atoms with Gasteiger partial charge in [-0.05, 0) is 55.6 Å². The van der Waals surface area contributed by atoms with Crippen LogP contribution in [-0.2, 0) is 0 Å². The third-order valence-corrected chi connectivity index (χ3v) is 5.05. The van der Waals surface area contributed by atoms with Crippen LogP contribution in [0, 0.1) is 31.6 Å². The fourth-order valence-corrected chi connectivity index (χ4v) is 3.55. The summed E-state index contributed by atoms with van der Waals surface area (Å²) in [7, 11) is 0. The van der Waals surface area contributed by atoms with E-state index in [1.54, 1.807) is 0 Å². The molecule has 19 heavy (non-hydrogen) atoms.